The second-order valence-electron chi connectivity index (χ2n) is 6.97. The van der Waals surface area contributed by atoms with Crippen LogP contribution in [0.4, 0.5) is 5.69 Å². The van der Waals surface area contributed by atoms with E-state index in [-0.39, 0.29) is 10.8 Å². The van der Waals surface area contributed by atoms with Crippen molar-refractivity contribution < 1.29 is 13.2 Å². The van der Waals surface area contributed by atoms with Crippen LogP contribution in [0, 0.1) is 13.8 Å². The number of nitrogens with one attached hydrogen (secondary N) is 1. The Morgan fingerprint density at radius 2 is 1.77 bits per heavy atom. The van der Waals surface area contributed by atoms with Gasteiger partial charge in [-0.25, -0.2) is 13.1 Å². The van der Waals surface area contributed by atoms with Crippen LogP contribution < -0.4 is 5.32 Å². The van der Waals surface area contributed by atoms with E-state index in [1.807, 2.05) is 38.1 Å². The van der Waals surface area contributed by atoms with Crippen molar-refractivity contribution in [2.24, 2.45) is 0 Å². The van der Waals surface area contributed by atoms with E-state index >= 15 is 0 Å². The number of benzene rings is 2. The molecule has 0 aliphatic heterocycles. The van der Waals surface area contributed by atoms with E-state index in [1.165, 1.54) is 22.6 Å². The first-order valence-electron chi connectivity index (χ1n) is 9.81. The number of rotatable bonds is 7. The Labute approximate surface area is 177 Å². The molecule has 1 aromatic heterocycles. The molecule has 0 atom stereocenters. The number of hydrogen-bond donors (Lipinski definition) is 1. The summed E-state index contributed by atoms with van der Waals surface area (Å²) < 4.78 is 28.6. The van der Waals surface area contributed by atoms with E-state index in [2.05, 4.69) is 10.4 Å². The Morgan fingerprint density at radius 3 is 2.43 bits per heavy atom. The van der Waals surface area contributed by atoms with Crippen molar-refractivity contribution in [3.8, 4) is 5.69 Å². The number of carbonyl (C=O) groups excluding carboxylic acids is 1. The third kappa shape index (κ3) is 4.29. The van der Waals surface area contributed by atoms with Crippen LogP contribution in [0.2, 0.25) is 0 Å². The minimum atomic E-state index is -3.60. The SMILES string of the molecule is CCN(CC)S(=O)(=O)c1cccc(NC(=O)c2cnn(-c3cccc(C)c3)c2C)c1. The summed E-state index contributed by atoms with van der Waals surface area (Å²) in [6.45, 7) is 8.17. The lowest BCUT2D eigenvalue weighted by Gasteiger charge is -2.18. The molecule has 1 amide bonds. The van der Waals surface area contributed by atoms with Crippen LogP contribution in [0.25, 0.3) is 5.69 Å². The molecule has 8 heteroatoms. The summed E-state index contributed by atoms with van der Waals surface area (Å²) in [5.74, 6) is -0.344. The third-order valence-electron chi connectivity index (χ3n) is 4.94. The number of hydrogen-bond acceptors (Lipinski definition) is 4. The lowest BCUT2D eigenvalue weighted by molar-refractivity contribution is 0.102. The van der Waals surface area contributed by atoms with Gasteiger partial charge >= 0.3 is 0 Å². The number of carbonyl (C=O) groups is 1. The predicted octanol–water partition coefficient (Wildman–Crippen LogP) is 3.77. The number of sulfonamides is 1. The van der Waals surface area contributed by atoms with Crippen molar-refractivity contribution >= 4 is 21.6 Å². The Kier molecular flexibility index (Phi) is 6.38. The molecule has 158 valence electrons. The fourth-order valence-electron chi connectivity index (χ4n) is 3.30. The number of amides is 1. The summed E-state index contributed by atoms with van der Waals surface area (Å²) in [6.07, 6.45) is 1.52. The maximum absolute atomic E-state index is 12.8. The summed E-state index contributed by atoms with van der Waals surface area (Å²) in [6, 6.07) is 14.1. The van der Waals surface area contributed by atoms with Crippen LogP contribution in [0.5, 0.6) is 0 Å². The summed E-state index contributed by atoms with van der Waals surface area (Å²) in [4.78, 5) is 13.0. The maximum Gasteiger partial charge on any atom is 0.259 e. The minimum Gasteiger partial charge on any atom is -0.322 e. The van der Waals surface area contributed by atoms with Crippen LogP contribution in [0.1, 0.15) is 35.5 Å². The van der Waals surface area contributed by atoms with Crippen molar-refractivity contribution in [2.45, 2.75) is 32.6 Å². The average molecular weight is 427 g/mol. The van der Waals surface area contributed by atoms with Crippen LogP contribution in [0.15, 0.2) is 59.6 Å². The average Bonchev–Trinajstić information content (AvgIpc) is 3.10. The van der Waals surface area contributed by atoms with E-state index in [4.69, 9.17) is 0 Å². The Balaban J connectivity index is 1.86. The molecular weight excluding hydrogens is 400 g/mol. The van der Waals surface area contributed by atoms with Crippen molar-refractivity contribution in [2.75, 3.05) is 18.4 Å². The fourth-order valence-corrected chi connectivity index (χ4v) is 4.80. The van der Waals surface area contributed by atoms with E-state index in [0.29, 0.717) is 30.0 Å². The highest BCUT2D eigenvalue weighted by molar-refractivity contribution is 7.89. The monoisotopic (exact) mass is 426 g/mol. The molecule has 0 saturated heterocycles. The predicted molar refractivity (Wildman–Crippen MR) is 118 cm³/mol. The molecule has 0 spiro atoms. The van der Waals surface area contributed by atoms with Crippen molar-refractivity contribution in [1.29, 1.82) is 0 Å². The van der Waals surface area contributed by atoms with Gasteiger partial charge in [-0.1, -0.05) is 32.0 Å². The quantitative estimate of drug-likeness (QED) is 0.623. The summed E-state index contributed by atoms with van der Waals surface area (Å²) in [5.41, 5.74) is 3.51. The summed E-state index contributed by atoms with van der Waals surface area (Å²) in [5, 5.41) is 7.13. The van der Waals surface area contributed by atoms with Crippen molar-refractivity contribution in [1.82, 2.24) is 14.1 Å². The van der Waals surface area contributed by atoms with Gasteiger partial charge in [0.25, 0.3) is 5.91 Å². The lowest BCUT2D eigenvalue weighted by Crippen LogP contribution is -2.30. The molecule has 0 saturated carbocycles. The number of aromatic nitrogens is 2. The van der Waals surface area contributed by atoms with Crippen molar-refractivity contribution in [3.63, 3.8) is 0 Å². The zero-order chi connectivity index (χ0) is 21.9. The Bertz CT molecular complexity index is 1160. The second kappa shape index (κ2) is 8.81. The molecule has 3 aromatic rings. The summed E-state index contributed by atoms with van der Waals surface area (Å²) >= 11 is 0. The molecule has 1 heterocycles. The molecule has 30 heavy (non-hydrogen) atoms. The maximum atomic E-state index is 12.8. The van der Waals surface area contributed by atoms with Crippen LogP contribution in [0.3, 0.4) is 0 Å². The Morgan fingerprint density at radius 1 is 1.07 bits per heavy atom. The smallest absolute Gasteiger partial charge is 0.259 e. The number of anilines is 1. The van der Waals surface area contributed by atoms with Gasteiger partial charge in [-0.15, -0.1) is 0 Å². The number of nitrogens with zero attached hydrogens (tertiary/aromatic N) is 3. The highest BCUT2D eigenvalue weighted by Gasteiger charge is 2.22. The van der Waals surface area contributed by atoms with Gasteiger partial charge in [0.05, 0.1) is 28.0 Å². The highest BCUT2D eigenvalue weighted by Crippen LogP contribution is 2.21. The third-order valence-corrected chi connectivity index (χ3v) is 6.98. The largest absolute Gasteiger partial charge is 0.322 e. The highest BCUT2D eigenvalue weighted by atomic mass is 32.2. The molecule has 1 N–H and O–H groups in total. The zero-order valence-corrected chi connectivity index (χ0v) is 18.4. The molecule has 0 bridgehead atoms. The zero-order valence-electron chi connectivity index (χ0n) is 17.6. The van der Waals surface area contributed by atoms with Crippen LogP contribution in [-0.4, -0.2) is 41.5 Å². The van der Waals surface area contributed by atoms with E-state index in [0.717, 1.165) is 11.3 Å². The topological polar surface area (TPSA) is 84.3 Å². The number of aryl methyl sites for hydroxylation is 1. The van der Waals surface area contributed by atoms with Gasteiger partial charge in [0, 0.05) is 18.8 Å². The summed E-state index contributed by atoms with van der Waals surface area (Å²) in [7, 11) is -3.60. The second-order valence-corrected chi connectivity index (χ2v) is 8.90. The van der Waals surface area contributed by atoms with Gasteiger partial charge in [-0.2, -0.15) is 9.40 Å². The first kappa shape index (κ1) is 21.7. The lowest BCUT2D eigenvalue weighted by atomic mass is 10.2. The molecule has 0 radical (unpaired) electrons. The van der Waals surface area contributed by atoms with Crippen molar-refractivity contribution in [3.05, 3.63) is 71.5 Å². The van der Waals surface area contributed by atoms with Gasteiger partial charge in [0.15, 0.2) is 0 Å². The fraction of sp³-hybridized carbons (Fsp3) is 0.273. The molecule has 0 unspecified atom stereocenters. The molecule has 0 fully saturated rings. The molecular formula is C22H26N4O3S. The van der Waals surface area contributed by atoms with E-state index < -0.39 is 10.0 Å². The van der Waals surface area contributed by atoms with Gasteiger partial charge in [-0.3, -0.25) is 4.79 Å². The van der Waals surface area contributed by atoms with Gasteiger partial charge in [-0.05, 0) is 49.7 Å². The Hall–Kier alpha value is -2.97. The molecule has 3 rings (SSSR count). The minimum absolute atomic E-state index is 0.149. The van der Waals surface area contributed by atoms with E-state index in [1.54, 1.807) is 30.7 Å². The molecule has 0 aliphatic rings. The molecule has 2 aromatic carbocycles. The molecule has 0 aliphatic carbocycles. The van der Waals surface area contributed by atoms with Gasteiger partial charge in [0.1, 0.15) is 0 Å². The van der Waals surface area contributed by atoms with Crippen LogP contribution >= 0.6 is 0 Å². The van der Waals surface area contributed by atoms with Gasteiger partial charge in [0.2, 0.25) is 10.0 Å². The first-order valence-corrected chi connectivity index (χ1v) is 11.2. The van der Waals surface area contributed by atoms with E-state index in [9.17, 15) is 13.2 Å². The van der Waals surface area contributed by atoms with Gasteiger partial charge < -0.3 is 5.32 Å². The normalized spacial score (nSPS) is 11.6. The first-order chi connectivity index (χ1) is 14.3. The molecule has 7 nitrogen and oxygen atoms in total. The standard InChI is InChI=1S/C22H26N4O3S/c1-5-25(6-2)30(28,29)20-12-8-10-18(14-20)24-22(27)21-15-23-26(17(21)4)19-11-7-9-16(3)13-19/h7-15H,5-6H2,1-4H3,(H,24,27). The van der Waals surface area contributed by atoms with Crippen LogP contribution in [-0.2, 0) is 10.0 Å².